The monoisotopic (exact) mass is 334 g/mol. The lowest BCUT2D eigenvalue weighted by atomic mass is 9.94. The number of fused-ring (bicyclic) bond motifs is 1. The number of carbonyl (C=O) groups excluding carboxylic acids is 1. The summed E-state index contributed by atoms with van der Waals surface area (Å²) in [6.45, 7) is 1.81. The zero-order chi connectivity index (χ0) is 17.5. The summed E-state index contributed by atoms with van der Waals surface area (Å²) in [6.07, 6.45) is -3.90. The highest BCUT2D eigenvalue weighted by molar-refractivity contribution is 5.97. The molecule has 3 nitrogen and oxygen atoms in total. The van der Waals surface area contributed by atoms with E-state index in [4.69, 9.17) is 5.73 Å². The number of nitrogens with two attached hydrogens (primary N) is 1. The highest BCUT2D eigenvalue weighted by atomic mass is 19.4. The predicted octanol–water partition coefficient (Wildman–Crippen LogP) is 4.33. The SMILES string of the molecule is C[C@@H](c1ccccc1)N1C(=O)CCc2cc(N)c(C(F)(F)F)cc21. The van der Waals surface area contributed by atoms with E-state index in [1.807, 2.05) is 37.3 Å². The van der Waals surface area contributed by atoms with Crippen LogP contribution in [0.3, 0.4) is 0 Å². The van der Waals surface area contributed by atoms with Crippen LogP contribution in [0.25, 0.3) is 0 Å². The molecule has 0 bridgehead atoms. The second kappa shape index (κ2) is 5.85. The van der Waals surface area contributed by atoms with Crippen LogP contribution >= 0.6 is 0 Å². The number of nitrogen functional groups attached to an aromatic ring is 1. The van der Waals surface area contributed by atoms with Gasteiger partial charge in [0.2, 0.25) is 5.91 Å². The van der Waals surface area contributed by atoms with Crippen molar-refractivity contribution in [3.63, 3.8) is 0 Å². The number of aryl methyl sites for hydroxylation is 1. The van der Waals surface area contributed by atoms with Crippen molar-refractivity contribution in [3.8, 4) is 0 Å². The molecule has 0 unspecified atom stereocenters. The fourth-order valence-corrected chi connectivity index (χ4v) is 3.12. The Bertz CT molecular complexity index is 772. The Morgan fingerprint density at radius 3 is 2.42 bits per heavy atom. The van der Waals surface area contributed by atoms with Crippen LogP contribution in [-0.4, -0.2) is 5.91 Å². The Hall–Kier alpha value is -2.50. The Kier molecular flexibility index (Phi) is 3.99. The van der Waals surface area contributed by atoms with Gasteiger partial charge in [-0.05, 0) is 36.6 Å². The lowest BCUT2D eigenvalue weighted by molar-refractivity contribution is -0.137. The van der Waals surface area contributed by atoms with E-state index < -0.39 is 11.7 Å². The van der Waals surface area contributed by atoms with Crippen LogP contribution in [0.1, 0.15) is 36.1 Å². The fraction of sp³-hybridized carbons (Fsp3) is 0.278. The van der Waals surface area contributed by atoms with Crippen molar-refractivity contribution in [3.05, 3.63) is 59.2 Å². The Labute approximate surface area is 137 Å². The van der Waals surface area contributed by atoms with E-state index in [-0.39, 0.29) is 24.1 Å². The molecule has 1 heterocycles. The molecule has 1 atom stereocenters. The average Bonchev–Trinajstić information content (AvgIpc) is 2.54. The lowest BCUT2D eigenvalue weighted by Crippen LogP contribution is -2.37. The van der Waals surface area contributed by atoms with Gasteiger partial charge in [-0.2, -0.15) is 13.2 Å². The quantitative estimate of drug-likeness (QED) is 0.831. The smallest absolute Gasteiger partial charge is 0.398 e. The van der Waals surface area contributed by atoms with E-state index in [2.05, 4.69) is 0 Å². The van der Waals surface area contributed by atoms with Crippen LogP contribution in [0.2, 0.25) is 0 Å². The summed E-state index contributed by atoms with van der Waals surface area (Å²) in [5, 5.41) is 0. The number of hydrogen-bond acceptors (Lipinski definition) is 2. The minimum atomic E-state index is -4.55. The number of anilines is 2. The Balaban J connectivity index is 2.11. The standard InChI is InChI=1S/C18H17F3N2O/c1-11(12-5-3-2-4-6-12)23-16-10-14(18(19,20)21)15(22)9-13(16)7-8-17(23)24/h2-6,9-11H,7-8,22H2,1H3/t11-/m0/s1. The lowest BCUT2D eigenvalue weighted by Gasteiger charge is -2.35. The summed E-state index contributed by atoms with van der Waals surface area (Å²) in [6, 6.07) is 11.2. The van der Waals surface area contributed by atoms with Crippen LogP contribution in [-0.2, 0) is 17.4 Å². The molecule has 1 aliphatic heterocycles. The number of benzene rings is 2. The van der Waals surface area contributed by atoms with E-state index >= 15 is 0 Å². The molecule has 126 valence electrons. The van der Waals surface area contributed by atoms with Crippen LogP contribution in [0.5, 0.6) is 0 Å². The highest BCUT2D eigenvalue weighted by Crippen LogP contribution is 2.42. The molecule has 1 aliphatic rings. The van der Waals surface area contributed by atoms with Gasteiger partial charge in [0, 0.05) is 17.8 Å². The molecule has 3 rings (SSSR count). The minimum absolute atomic E-state index is 0.184. The molecule has 24 heavy (non-hydrogen) atoms. The maximum Gasteiger partial charge on any atom is 0.418 e. The van der Waals surface area contributed by atoms with Gasteiger partial charge in [-0.3, -0.25) is 4.79 Å². The molecule has 0 spiro atoms. The van der Waals surface area contributed by atoms with Crippen molar-refractivity contribution < 1.29 is 18.0 Å². The minimum Gasteiger partial charge on any atom is -0.398 e. The van der Waals surface area contributed by atoms with Gasteiger partial charge < -0.3 is 10.6 Å². The van der Waals surface area contributed by atoms with E-state index in [0.29, 0.717) is 17.7 Å². The van der Waals surface area contributed by atoms with E-state index in [9.17, 15) is 18.0 Å². The molecular weight excluding hydrogens is 317 g/mol. The maximum absolute atomic E-state index is 13.2. The molecular formula is C18H17F3N2O. The predicted molar refractivity (Wildman–Crippen MR) is 86.5 cm³/mol. The molecule has 0 saturated heterocycles. The maximum atomic E-state index is 13.2. The van der Waals surface area contributed by atoms with Crippen LogP contribution in [0.4, 0.5) is 24.5 Å². The molecule has 6 heteroatoms. The molecule has 2 aromatic rings. The first-order valence-corrected chi connectivity index (χ1v) is 7.65. The third kappa shape index (κ3) is 2.84. The first-order valence-electron chi connectivity index (χ1n) is 7.65. The van der Waals surface area contributed by atoms with E-state index in [1.54, 1.807) is 0 Å². The summed E-state index contributed by atoms with van der Waals surface area (Å²) >= 11 is 0. The van der Waals surface area contributed by atoms with Crippen molar-refractivity contribution in [2.45, 2.75) is 32.0 Å². The van der Waals surface area contributed by atoms with Crippen molar-refractivity contribution in [2.24, 2.45) is 0 Å². The van der Waals surface area contributed by atoms with Gasteiger partial charge in [-0.15, -0.1) is 0 Å². The summed E-state index contributed by atoms with van der Waals surface area (Å²) in [7, 11) is 0. The molecule has 1 amide bonds. The summed E-state index contributed by atoms with van der Waals surface area (Å²) < 4.78 is 39.6. The van der Waals surface area contributed by atoms with Crippen LogP contribution in [0, 0.1) is 0 Å². The second-order valence-corrected chi connectivity index (χ2v) is 5.92. The number of amides is 1. The Morgan fingerprint density at radius 1 is 1.12 bits per heavy atom. The van der Waals surface area contributed by atoms with Crippen LogP contribution < -0.4 is 10.6 Å². The first-order chi connectivity index (χ1) is 11.3. The molecule has 2 N–H and O–H groups in total. The number of halogens is 3. The van der Waals surface area contributed by atoms with Gasteiger partial charge >= 0.3 is 6.18 Å². The van der Waals surface area contributed by atoms with Crippen molar-refractivity contribution in [1.82, 2.24) is 0 Å². The summed E-state index contributed by atoms with van der Waals surface area (Å²) in [5.74, 6) is -0.184. The molecule has 2 aromatic carbocycles. The fourth-order valence-electron chi connectivity index (χ4n) is 3.12. The molecule has 0 aromatic heterocycles. The largest absolute Gasteiger partial charge is 0.418 e. The van der Waals surface area contributed by atoms with Gasteiger partial charge in [0.15, 0.2) is 0 Å². The van der Waals surface area contributed by atoms with Crippen molar-refractivity contribution >= 4 is 17.3 Å². The second-order valence-electron chi connectivity index (χ2n) is 5.92. The van der Waals surface area contributed by atoms with E-state index in [1.165, 1.54) is 11.0 Å². The molecule has 0 saturated carbocycles. The molecule has 0 aliphatic carbocycles. The molecule has 0 radical (unpaired) electrons. The highest BCUT2D eigenvalue weighted by Gasteiger charge is 2.37. The van der Waals surface area contributed by atoms with Gasteiger partial charge in [0.25, 0.3) is 0 Å². The summed E-state index contributed by atoms with van der Waals surface area (Å²) in [4.78, 5) is 13.9. The third-order valence-electron chi connectivity index (χ3n) is 4.36. The van der Waals surface area contributed by atoms with Gasteiger partial charge in [0.1, 0.15) is 0 Å². The number of carbonyl (C=O) groups is 1. The normalized spacial score (nSPS) is 16.0. The zero-order valence-corrected chi connectivity index (χ0v) is 13.1. The van der Waals surface area contributed by atoms with Gasteiger partial charge in [-0.25, -0.2) is 0 Å². The number of nitrogens with zero attached hydrogens (tertiary/aromatic N) is 1. The van der Waals surface area contributed by atoms with Gasteiger partial charge in [-0.1, -0.05) is 30.3 Å². The van der Waals surface area contributed by atoms with Crippen molar-refractivity contribution in [1.29, 1.82) is 0 Å². The topological polar surface area (TPSA) is 46.3 Å². The average molecular weight is 334 g/mol. The van der Waals surface area contributed by atoms with Crippen LogP contribution in [0.15, 0.2) is 42.5 Å². The Morgan fingerprint density at radius 2 is 1.79 bits per heavy atom. The molecule has 0 fully saturated rings. The number of rotatable bonds is 2. The number of hydrogen-bond donors (Lipinski definition) is 1. The zero-order valence-electron chi connectivity index (χ0n) is 13.1. The van der Waals surface area contributed by atoms with E-state index in [0.717, 1.165) is 11.6 Å². The van der Waals surface area contributed by atoms with Gasteiger partial charge in [0.05, 0.1) is 11.6 Å². The van der Waals surface area contributed by atoms with Crippen molar-refractivity contribution in [2.75, 3.05) is 10.6 Å². The third-order valence-corrected chi connectivity index (χ3v) is 4.36. The first kappa shape index (κ1) is 16.4. The summed E-state index contributed by atoms with van der Waals surface area (Å²) in [5.41, 5.74) is 6.20. The number of alkyl halides is 3.